The first kappa shape index (κ1) is 54.8. The van der Waals surface area contributed by atoms with Crippen molar-refractivity contribution in [2.45, 2.75) is 156 Å². The van der Waals surface area contributed by atoms with Crippen molar-refractivity contribution >= 4 is 47.5 Å². The van der Waals surface area contributed by atoms with Gasteiger partial charge in [0.25, 0.3) is 23.6 Å². The molecule has 16 nitrogen and oxygen atoms in total. The second kappa shape index (κ2) is 25.0. The first-order valence-corrected chi connectivity index (χ1v) is 24.0. The topological polar surface area (TPSA) is 186 Å². The highest BCUT2D eigenvalue weighted by atomic mass is 16.6. The Balaban J connectivity index is 1.85. The van der Waals surface area contributed by atoms with Gasteiger partial charge in [-0.15, -0.1) is 0 Å². The van der Waals surface area contributed by atoms with Crippen molar-refractivity contribution in [1.29, 1.82) is 0 Å². The van der Waals surface area contributed by atoms with Crippen molar-refractivity contribution < 1.29 is 57.3 Å². The van der Waals surface area contributed by atoms with Crippen LogP contribution < -0.4 is 0 Å². The number of benzene rings is 2. The molecular weight excluding hydrogens is 873 g/mol. The van der Waals surface area contributed by atoms with E-state index in [2.05, 4.69) is 0 Å². The normalized spacial score (nSPS) is 25.8. The van der Waals surface area contributed by atoms with Crippen LogP contribution in [0.3, 0.4) is 0 Å². The van der Waals surface area contributed by atoms with Gasteiger partial charge in [0.2, 0.25) is 0 Å². The highest BCUT2D eigenvalue weighted by molar-refractivity contribution is 5.95. The van der Waals surface area contributed by atoms with Gasteiger partial charge in [-0.3, -0.25) is 19.2 Å². The van der Waals surface area contributed by atoms with E-state index in [-0.39, 0.29) is 75.2 Å². The summed E-state index contributed by atoms with van der Waals surface area (Å²) in [5.74, 6) is -6.81. The zero-order chi connectivity index (χ0) is 50.6. The molecule has 0 saturated carbocycles. The van der Waals surface area contributed by atoms with Crippen LogP contribution in [0.1, 0.15) is 106 Å². The Labute approximate surface area is 402 Å². The van der Waals surface area contributed by atoms with Crippen LogP contribution in [0.5, 0.6) is 0 Å². The molecule has 0 spiro atoms. The van der Waals surface area contributed by atoms with E-state index in [4.69, 9.17) is 18.9 Å². The smallest absolute Gasteiger partial charge is 0.329 e. The minimum Gasteiger partial charge on any atom is -0.451 e. The molecule has 16 heteroatoms. The van der Waals surface area contributed by atoms with Crippen LogP contribution in [-0.4, -0.2) is 143 Å². The third-order valence-electron chi connectivity index (χ3n) is 12.4. The lowest BCUT2D eigenvalue weighted by molar-refractivity contribution is -0.175. The van der Waals surface area contributed by atoms with Crippen LogP contribution in [0, 0.1) is 23.7 Å². The van der Waals surface area contributed by atoms with E-state index in [9.17, 15) is 38.4 Å². The van der Waals surface area contributed by atoms with Gasteiger partial charge in [0.15, 0.2) is 24.4 Å². The third kappa shape index (κ3) is 14.8. The number of carbonyl (C=O) groups excluding carboxylic acids is 8. The summed E-state index contributed by atoms with van der Waals surface area (Å²) in [7, 11) is 4.21. The van der Waals surface area contributed by atoms with Crippen LogP contribution in [-0.2, 0) is 70.1 Å². The van der Waals surface area contributed by atoms with Gasteiger partial charge >= 0.3 is 23.9 Å². The molecule has 2 aliphatic rings. The van der Waals surface area contributed by atoms with E-state index in [1.54, 1.807) is 60.7 Å². The summed E-state index contributed by atoms with van der Waals surface area (Å²) in [5, 5.41) is 0. The molecule has 374 valence electrons. The average molecular weight is 947 g/mol. The summed E-state index contributed by atoms with van der Waals surface area (Å²) in [6.07, 6.45) is -5.22. The van der Waals surface area contributed by atoms with Crippen molar-refractivity contribution in [2.75, 3.05) is 27.7 Å². The standard InChI is InChI=1S/C52H74N4O12/c1-31(2)25-38-49(61)65-35(9)45(57)53(10)39(26-32(3)4)51(63)67-43(29-36-19-15-13-16-20-36)46(58)55(12)40(27-33(5)6)50(62)66-42-23-24-56(48(42)60)41(28-34(7)8)52(64)68-44(47(59)54(38)11)30-37-21-17-14-18-22-37/h13-22,31-35,38-44H,23-30H2,1-12H3/t35-,38+,39+,40+,41+,42-,43-,44-/m1/s1. The van der Waals surface area contributed by atoms with Gasteiger partial charge < -0.3 is 38.5 Å². The molecule has 8 atom stereocenters. The van der Waals surface area contributed by atoms with Gasteiger partial charge in [-0.2, -0.15) is 0 Å². The van der Waals surface area contributed by atoms with Gasteiger partial charge in [-0.25, -0.2) is 19.2 Å². The highest BCUT2D eigenvalue weighted by Gasteiger charge is 2.46. The van der Waals surface area contributed by atoms with Gasteiger partial charge in [0.1, 0.15) is 24.2 Å². The average Bonchev–Trinajstić information content (AvgIpc) is 3.64. The number of likely N-dealkylation sites (N-methyl/N-ethyl adjacent to an activating group) is 3. The number of hydrogen-bond acceptors (Lipinski definition) is 12. The Kier molecular flexibility index (Phi) is 20.1. The van der Waals surface area contributed by atoms with Crippen LogP contribution in [0.25, 0.3) is 0 Å². The number of esters is 4. The van der Waals surface area contributed by atoms with E-state index < -0.39 is 96.1 Å². The third-order valence-corrected chi connectivity index (χ3v) is 12.4. The predicted molar refractivity (Wildman–Crippen MR) is 253 cm³/mol. The number of hydrogen-bond donors (Lipinski definition) is 0. The molecule has 2 bridgehead atoms. The Morgan fingerprint density at radius 2 is 0.794 bits per heavy atom. The molecule has 0 unspecified atom stereocenters. The van der Waals surface area contributed by atoms with Crippen molar-refractivity contribution in [1.82, 2.24) is 19.6 Å². The van der Waals surface area contributed by atoms with Gasteiger partial charge in [-0.05, 0) is 67.4 Å². The fourth-order valence-electron chi connectivity index (χ4n) is 8.64. The van der Waals surface area contributed by atoms with E-state index in [0.29, 0.717) is 11.1 Å². The molecule has 0 aromatic heterocycles. The maximum atomic E-state index is 14.7. The molecule has 4 amide bonds. The lowest BCUT2D eigenvalue weighted by atomic mass is 10.00. The first-order chi connectivity index (χ1) is 32.0. The van der Waals surface area contributed by atoms with Crippen LogP contribution in [0.2, 0.25) is 0 Å². The second-order valence-corrected chi connectivity index (χ2v) is 20.0. The largest absolute Gasteiger partial charge is 0.451 e. The molecule has 0 N–H and O–H groups in total. The van der Waals surface area contributed by atoms with Crippen molar-refractivity contribution in [3.63, 3.8) is 0 Å². The molecular formula is C52H74N4O12. The zero-order valence-corrected chi connectivity index (χ0v) is 42.0. The number of carbonyl (C=O) groups is 8. The Morgan fingerprint density at radius 3 is 1.19 bits per heavy atom. The van der Waals surface area contributed by atoms with Crippen molar-refractivity contribution in [3.05, 3.63) is 71.8 Å². The number of ether oxygens (including phenoxy) is 4. The lowest BCUT2D eigenvalue weighted by Crippen LogP contribution is -2.54. The molecule has 68 heavy (non-hydrogen) atoms. The number of nitrogens with zero attached hydrogens (tertiary/aromatic N) is 4. The first-order valence-electron chi connectivity index (χ1n) is 24.0. The maximum Gasteiger partial charge on any atom is 0.329 e. The second-order valence-electron chi connectivity index (χ2n) is 20.0. The summed E-state index contributed by atoms with van der Waals surface area (Å²) in [5.41, 5.74) is 1.32. The SMILES string of the molecule is CC(C)C[C@H]1C(=O)O[C@H](Cc2ccccc2)C(=O)N(C)[C@@H](CC(C)C)C(=O)O[C@@H]2CCN(C2=O)[C@@H](CC(C)C)C(=O)O[C@H](Cc2ccccc2)C(=O)N(C)[C@@H](CC(C)C)C(=O)O[C@H](C)C(=O)N1C. The predicted octanol–water partition coefficient (Wildman–Crippen LogP) is 5.42. The minimum absolute atomic E-state index is 0.0321. The van der Waals surface area contributed by atoms with Crippen LogP contribution >= 0.6 is 0 Å². The van der Waals surface area contributed by atoms with Crippen molar-refractivity contribution in [3.8, 4) is 0 Å². The Bertz CT molecular complexity index is 2060. The number of cyclic esters (lactones) is 3. The molecule has 0 radical (unpaired) electrons. The van der Waals surface area contributed by atoms with Gasteiger partial charge in [0, 0.05) is 47.0 Å². The number of fused-ring (bicyclic) bond motifs is 2. The molecule has 2 fully saturated rings. The van der Waals surface area contributed by atoms with Gasteiger partial charge in [-0.1, -0.05) is 116 Å². The molecule has 2 aromatic rings. The van der Waals surface area contributed by atoms with Crippen LogP contribution in [0.15, 0.2) is 60.7 Å². The lowest BCUT2D eigenvalue weighted by Gasteiger charge is -2.35. The summed E-state index contributed by atoms with van der Waals surface area (Å²) in [6.45, 7) is 16.3. The monoisotopic (exact) mass is 947 g/mol. The van der Waals surface area contributed by atoms with Gasteiger partial charge in [0.05, 0.1) is 0 Å². The van der Waals surface area contributed by atoms with E-state index in [1.807, 2.05) is 55.4 Å². The molecule has 4 rings (SSSR count). The van der Waals surface area contributed by atoms with E-state index in [0.717, 1.165) is 4.90 Å². The zero-order valence-electron chi connectivity index (χ0n) is 42.0. The fraction of sp³-hybridized carbons (Fsp3) is 0.615. The number of amides is 4. The van der Waals surface area contributed by atoms with E-state index in [1.165, 1.54) is 42.8 Å². The molecule has 2 saturated heterocycles. The molecule has 0 aliphatic carbocycles. The quantitative estimate of drug-likeness (QED) is 0.195. The molecule has 2 aliphatic heterocycles. The highest BCUT2D eigenvalue weighted by Crippen LogP contribution is 2.27. The Hall–Kier alpha value is -5.80. The molecule has 2 aromatic carbocycles. The fourth-order valence-corrected chi connectivity index (χ4v) is 8.64. The Morgan fingerprint density at radius 1 is 0.456 bits per heavy atom. The maximum absolute atomic E-state index is 14.7. The summed E-state index contributed by atoms with van der Waals surface area (Å²) < 4.78 is 23.9. The van der Waals surface area contributed by atoms with Crippen LogP contribution in [0.4, 0.5) is 0 Å². The summed E-state index contributed by atoms with van der Waals surface area (Å²) in [6, 6.07) is 12.9. The van der Waals surface area contributed by atoms with E-state index >= 15 is 0 Å². The number of rotatable bonds is 12. The minimum atomic E-state index is -1.46. The summed E-state index contributed by atoms with van der Waals surface area (Å²) in [4.78, 5) is 120. The summed E-state index contributed by atoms with van der Waals surface area (Å²) >= 11 is 0. The molecule has 2 heterocycles. The van der Waals surface area contributed by atoms with Crippen molar-refractivity contribution in [2.24, 2.45) is 23.7 Å².